The SMILES string of the molecule is C[CH]=[Zr]([C]1=CC(OCCO)=CC1)[C]1=CC(OCCO)=CC1.Cl.Cl. The molecule has 4 nitrogen and oxygen atoms in total. The van der Waals surface area contributed by atoms with Crippen molar-refractivity contribution in [3.05, 3.63) is 42.4 Å². The van der Waals surface area contributed by atoms with E-state index in [9.17, 15) is 0 Å². The summed E-state index contributed by atoms with van der Waals surface area (Å²) in [7, 11) is 0. The Morgan fingerprint density at radius 1 is 0.957 bits per heavy atom. The second-order valence-electron chi connectivity index (χ2n) is 4.81. The first-order chi connectivity index (χ1) is 10.3. The first-order valence-corrected chi connectivity index (χ1v) is 11.1. The molecule has 0 spiro atoms. The Bertz CT molecular complexity index is 492. The van der Waals surface area contributed by atoms with E-state index in [1.54, 1.807) is 0 Å². The van der Waals surface area contributed by atoms with Gasteiger partial charge in [-0.25, -0.2) is 0 Å². The molecule has 0 unspecified atom stereocenters. The van der Waals surface area contributed by atoms with Gasteiger partial charge in [-0.3, -0.25) is 0 Å². The van der Waals surface area contributed by atoms with Crippen LogP contribution in [0.5, 0.6) is 0 Å². The van der Waals surface area contributed by atoms with Gasteiger partial charge in [-0.1, -0.05) is 0 Å². The molecule has 2 N–H and O–H groups in total. The molecule has 0 radical (unpaired) electrons. The fraction of sp³-hybridized carbons (Fsp3) is 0.438. The maximum Gasteiger partial charge on any atom is -0.147 e. The molecule has 0 aromatic rings. The van der Waals surface area contributed by atoms with E-state index in [1.807, 2.05) is 0 Å². The Hall–Kier alpha value is -0.187. The molecule has 7 heteroatoms. The Morgan fingerprint density at radius 3 is 1.74 bits per heavy atom. The van der Waals surface area contributed by atoms with Crippen molar-refractivity contribution < 1.29 is 41.0 Å². The predicted molar refractivity (Wildman–Crippen MR) is 93.9 cm³/mol. The zero-order valence-corrected chi connectivity index (χ0v) is 17.2. The van der Waals surface area contributed by atoms with Gasteiger partial charge in [0.05, 0.1) is 0 Å². The van der Waals surface area contributed by atoms with E-state index < -0.39 is 21.3 Å². The second-order valence-corrected chi connectivity index (χ2v) is 11.4. The van der Waals surface area contributed by atoms with Crippen LogP contribution < -0.4 is 0 Å². The minimum atomic E-state index is -1.89. The van der Waals surface area contributed by atoms with Gasteiger partial charge in [0.15, 0.2) is 0 Å². The molecular weight excluding hydrogens is 418 g/mol. The Labute approximate surface area is 157 Å². The molecular formula is C16H24Cl2O4Zr. The summed E-state index contributed by atoms with van der Waals surface area (Å²) in [5.74, 6) is 1.78. The van der Waals surface area contributed by atoms with Gasteiger partial charge in [0, 0.05) is 0 Å². The number of aliphatic hydroxyl groups excluding tert-OH is 2. The largest absolute Gasteiger partial charge is 0.147 e. The molecule has 0 aromatic carbocycles. The topological polar surface area (TPSA) is 58.9 Å². The molecule has 0 bridgehead atoms. The van der Waals surface area contributed by atoms with E-state index in [4.69, 9.17) is 19.7 Å². The molecule has 0 aliphatic heterocycles. The molecule has 0 atom stereocenters. The Morgan fingerprint density at radius 2 is 1.39 bits per heavy atom. The number of halogens is 2. The molecule has 2 aliphatic carbocycles. The smallest absolute Gasteiger partial charge is 0.147 e. The third-order valence-corrected chi connectivity index (χ3v) is 9.91. The first-order valence-electron chi connectivity index (χ1n) is 7.24. The summed E-state index contributed by atoms with van der Waals surface area (Å²) in [5.41, 5.74) is 0. The van der Waals surface area contributed by atoms with E-state index in [-0.39, 0.29) is 38.0 Å². The molecule has 0 amide bonds. The van der Waals surface area contributed by atoms with Crippen LogP contribution in [-0.2, 0) is 30.7 Å². The second kappa shape index (κ2) is 12.2. The van der Waals surface area contributed by atoms with Crippen LogP contribution in [-0.4, -0.2) is 40.3 Å². The quantitative estimate of drug-likeness (QED) is 0.607. The van der Waals surface area contributed by atoms with Crippen molar-refractivity contribution in [2.75, 3.05) is 26.4 Å². The van der Waals surface area contributed by atoms with Crippen LogP contribution in [0, 0.1) is 0 Å². The Balaban J connectivity index is 0.00000242. The zero-order chi connectivity index (χ0) is 15.1. The van der Waals surface area contributed by atoms with Gasteiger partial charge in [0.25, 0.3) is 0 Å². The number of hydrogen-bond donors (Lipinski definition) is 2. The van der Waals surface area contributed by atoms with Crippen molar-refractivity contribution in [3.8, 4) is 0 Å². The summed E-state index contributed by atoms with van der Waals surface area (Å²) in [6, 6.07) is 0. The van der Waals surface area contributed by atoms with Crippen LogP contribution in [0.3, 0.4) is 0 Å². The van der Waals surface area contributed by atoms with Crippen LogP contribution >= 0.6 is 24.8 Å². The van der Waals surface area contributed by atoms with Crippen molar-refractivity contribution >= 4 is 28.5 Å². The van der Waals surface area contributed by atoms with Crippen molar-refractivity contribution in [2.45, 2.75) is 19.8 Å². The predicted octanol–water partition coefficient (Wildman–Crippen LogP) is 2.63. The van der Waals surface area contributed by atoms with E-state index in [0.717, 1.165) is 24.4 Å². The summed E-state index contributed by atoms with van der Waals surface area (Å²) < 4.78 is 16.3. The summed E-state index contributed by atoms with van der Waals surface area (Å²) in [6.07, 6.45) is 10.4. The molecule has 0 heterocycles. The van der Waals surface area contributed by atoms with Crippen LogP contribution in [0.1, 0.15) is 19.8 Å². The van der Waals surface area contributed by atoms with Gasteiger partial charge >= 0.3 is 133 Å². The third kappa shape index (κ3) is 6.68. The average molecular weight is 442 g/mol. The number of aliphatic hydroxyl groups is 2. The van der Waals surface area contributed by atoms with Gasteiger partial charge in [-0.15, -0.1) is 24.8 Å². The van der Waals surface area contributed by atoms with Crippen molar-refractivity contribution in [2.24, 2.45) is 0 Å². The molecule has 2 aliphatic rings. The maximum absolute atomic E-state index is 8.81. The maximum atomic E-state index is 8.81. The fourth-order valence-electron chi connectivity index (χ4n) is 2.48. The first kappa shape index (κ1) is 22.8. The normalized spacial score (nSPS) is 15.4. The zero-order valence-electron chi connectivity index (χ0n) is 13.2. The molecule has 0 saturated heterocycles. The fourth-order valence-corrected chi connectivity index (χ4v) is 8.36. The molecule has 130 valence electrons. The van der Waals surface area contributed by atoms with Crippen molar-refractivity contribution in [1.82, 2.24) is 0 Å². The summed E-state index contributed by atoms with van der Waals surface area (Å²) in [4.78, 5) is 0. The summed E-state index contributed by atoms with van der Waals surface area (Å²) >= 11 is -1.89. The molecule has 0 aromatic heterocycles. The summed E-state index contributed by atoms with van der Waals surface area (Å²) in [6.45, 7) is 2.95. The van der Waals surface area contributed by atoms with Gasteiger partial charge in [0.2, 0.25) is 0 Å². The monoisotopic (exact) mass is 440 g/mol. The van der Waals surface area contributed by atoms with Gasteiger partial charge in [-0.05, 0) is 0 Å². The van der Waals surface area contributed by atoms with E-state index in [0.29, 0.717) is 13.2 Å². The molecule has 2 rings (SSSR count). The van der Waals surface area contributed by atoms with Gasteiger partial charge in [-0.2, -0.15) is 0 Å². The van der Waals surface area contributed by atoms with Crippen LogP contribution in [0.25, 0.3) is 0 Å². The van der Waals surface area contributed by atoms with Crippen molar-refractivity contribution in [3.63, 3.8) is 0 Å². The minimum Gasteiger partial charge on any atom is -0.147 e. The molecule has 0 fully saturated rings. The number of hydrogen-bond acceptors (Lipinski definition) is 4. The number of ether oxygens (including phenoxy) is 2. The van der Waals surface area contributed by atoms with Gasteiger partial charge < -0.3 is 0 Å². The van der Waals surface area contributed by atoms with Crippen LogP contribution in [0.2, 0.25) is 0 Å². The standard InChI is InChI=1S/2C7H9O2.C2H4.2ClH.Zr/c2*8-5-6-9-7-3-1-2-4-7;1-2;;;/h2*3-4,8H,1,5-6H2;1H,2H3;2*1H;. The molecule has 0 saturated carbocycles. The minimum absolute atomic E-state index is 0. The third-order valence-electron chi connectivity index (χ3n) is 3.38. The summed E-state index contributed by atoms with van der Waals surface area (Å²) in [5, 5.41) is 17.6. The molecule has 23 heavy (non-hydrogen) atoms. The Kier molecular flexibility index (Phi) is 12.1. The van der Waals surface area contributed by atoms with E-state index >= 15 is 0 Å². The number of allylic oxidation sites excluding steroid dienone is 6. The van der Waals surface area contributed by atoms with Gasteiger partial charge in [0.1, 0.15) is 0 Å². The average Bonchev–Trinajstić information content (AvgIpc) is 3.14. The van der Waals surface area contributed by atoms with Crippen LogP contribution in [0.4, 0.5) is 0 Å². The number of rotatable bonds is 8. The van der Waals surface area contributed by atoms with Crippen LogP contribution in [0.15, 0.2) is 42.4 Å². The van der Waals surface area contributed by atoms with E-state index in [1.165, 1.54) is 6.56 Å². The van der Waals surface area contributed by atoms with E-state index in [2.05, 4.69) is 34.9 Å². The van der Waals surface area contributed by atoms with Crippen molar-refractivity contribution in [1.29, 1.82) is 0 Å².